The molecule has 1 aromatic heterocycles. The molecule has 0 aliphatic carbocycles. The fraction of sp³-hybridized carbons (Fsp3) is 0.368. The monoisotopic (exact) mass is 374 g/mol. The van der Waals surface area contributed by atoms with Gasteiger partial charge in [0.1, 0.15) is 17.1 Å². The molecule has 0 aliphatic heterocycles. The van der Waals surface area contributed by atoms with Crippen LogP contribution in [0.4, 0.5) is 0 Å². The van der Waals surface area contributed by atoms with Crippen molar-refractivity contribution >= 4 is 11.9 Å². The predicted octanol–water partition coefficient (Wildman–Crippen LogP) is 1.11. The number of aliphatic imine (C=N–C) groups is 1. The van der Waals surface area contributed by atoms with Gasteiger partial charge in [-0.2, -0.15) is 0 Å². The van der Waals surface area contributed by atoms with E-state index in [2.05, 4.69) is 15.6 Å². The topological polar surface area (TPSA) is 122 Å². The third kappa shape index (κ3) is 6.67. The zero-order chi connectivity index (χ0) is 19.7. The van der Waals surface area contributed by atoms with Crippen LogP contribution in [-0.4, -0.2) is 36.7 Å². The molecule has 1 aromatic carbocycles. The summed E-state index contributed by atoms with van der Waals surface area (Å²) in [6, 6.07) is 10.7. The van der Waals surface area contributed by atoms with Crippen LogP contribution in [0.2, 0.25) is 0 Å². The van der Waals surface area contributed by atoms with Crippen LogP contribution in [0.1, 0.15) is 25.2 Å². The van der Waals surface area contributed by atoms with Gasteiger partial charge in [-0.3, -0.25) is 4.79 Å². The summed E-state index contributed by atoms with van der Waals surface area (Å²) in [5, 5.41) is 16.8. The number of furan rings is 1. The molecule has 1 unspecified atom stereocenters. The molecular formula is C19H26N4O4. The van der Waals surface area contributed by atoms with Gasteiger partial charge in [0.2, 0.25) is 0 Å². The van der Waals surface area contributed by atoms with Crippen LogP contribution < -0.4 is 21.1 Å². The SMILES string of the molecule is CCNC(=NCc1cccc(OCC(N)=O)c1)NCC(C)(O)c1ccco1. The fourth-order valence-corrected chi connectivity index (χ4v) is 2.33. The van der Waals surface area contributed by atoms with E-state index in [0.29, 0.717) is 30.6 Å². The minimum absolute atomic E-state index is 0.168. The molecule has 0 saturated heterocycles. The number of nitrogens with two attached hydrogens (primary N) is 1. The highest BCUT2D eigenvalue weighted by molar-refractivity contribution is 5.79. The zero-order valence-electron chi connectivity index (χ0n) is 15.6. The molecule has 2 rings (SSSR count). The van der Waals surface area contributed by atoms with Crippen molar-refractivity contribution in [1.82, 2.24) is 10.6 Å². The molecule has 2 aromatic rings. The molecule has 0 saturated carbocycles. The molecular weight excluding hydrogens is 348 g/mol. The number of hydrogen-bond acceptors (Lipinski definition) is 5. The first-order valence-corrected chi connectivity index (χ1v) is 8.69. The van der Waals surface area contributed by atoms with Gasteiger partial charge in [0, 0.05) is 6.54 Å². The van der Waals surface area contributed by atoms with E-state index in [-0.39, 0.29) is 13.2 Å². The van der Waals surface area contributed by atoms with E-state index >= 15 is 0 Å². The third-order valence-electron chi connectivity index (χ3n) is 3.70. The van der Waals surface area contributed by atoms with Crippen molar-refractivity contribution in [3.8, 4) is 5.75 Å². The Kier molecular flexibility index (Phi) is 7.25. The zero-order valence-corrected chi connectivity index (χ0v) is 15.6. The number of amides is 1. The maximum Gasteiger partial charge on any atom is 0.255 e. The number of nitrogens with zero attached hydrogens (tertiary/aromatic N) is 1. The number of guanidine groups is 1. The van der Waals surface area contributed by atoms with Crippen molar-refractivity contribution in [2.75, 3.05) is 19.7 Å². The van der Waals surface area contributed by atoms with Crippen LogP contribution in [0.25, 0.3) is 0 Å². The van der Waals surface area contributed by atoms with Gasteiger partial charge in [-0.1, -0.05) is 12.1 Å². The molecule has 1 atom stereocenters. The Balaban J connectivity index is 1.98. The lowest BCUT2D eigenvalue weighted by Crippen LogP contribution is -2.44. The van der Waals surface area contributed by atoms with Crippen LogP contribution in [0, 0.1) is 0 Å². The smallest absolute Gasteiger partial charge is 0.255 e. The highest BCUT2D eigenvalue weighted by atomic mass is 16.5. The highest BCUT2D eigenvalue weighted by Gasteiger charge is 2.26. The van der Waals surface area contributed by atoms with E-state index in [0.717, 1.165) is 5.56 Å². The molecule has 1 heterocycles. The number of carbonyl (C=O) groups is 1. The molecule has 8 nitrogen and oxygen atoms in total. The summed E-state index contributed by atoms with van der Waals surface area (Å²) >= 11 is 0. The van der Waals surface area contributed by atoms with Crippen LogP contribution in [0.5, 0.6) is 5.75 Å². The summed E-state index contributed by atoms with van der Waals surface area (Å²) in [6.45, 7) is 4.76. The Hall–Kier alpha value is -3.00. The van der Waals surface area contributed by atoms with Gasteiger partial charge in [0.05, 0.1) is 19.4 Å². The second-order valence-corrected chi connectivity index (χ2v) is 6.20. The summed E-state index contributed by atoms with van der Waals surface area (Å²) in [5.41, 5.74) is 4.83. The van der Waals surface area contributed by atoms with Gasteiger partial charge in [0.15, 0.2) is 12.6 Å². The van der Waals surface area contributed by atoms with E-state index in [1.54, 1.807) is 31.2 Å². The van der Waals surface area contributed by atoms with Crippen molar-refractivity contribution in [2.24, 2.45) is 10.7 Å². The highest BCUT2D eigenvalue weighted by Crippen LogP contribution is 2.19. The first-order valence-electron chi connectivity index (χ1n) is 8.69. The summed E-state index contributed by atoms with van der Waals surface area (Å²) in [6.07, 6.45) is 1.52. The Morgan fingerprint density at radius 1 is 1.33 bits per heavy atom. The van der Waals surface area contributed by atoms with Gasteiger partial charge in [0.25, 0.3) is 5.91 Å². The lowest BCUT2D eigenvalue weighted by atomic mass is 10.0. The van der Waals surface area contributed by atoms with Crippen LogP contribution in [-0.2, 0) is 16.9 Å². The molecule has 0 spiro atoms. The number of primary amides is 1. The molecule has 0 bridgehead atoms. The number of aliphatic hydroxyl groups is 1. The van der Waals surface area contributed by atoms with E-state index in [9.17, 15) is 9.90 Å². The van der Waals surface area contributed by atoms with Gasteiger partial charge in [-0.15, -0.1) is 0 Å². The van der Waals surface area contributed by atoms with Crippen molar-refractivity contribution < 1.29 is 19.1 Å². The van der Waals surface area contributed by atoms with Gasteiger partial charge < -0.3 is 30.6 Å². The lowest BCUT2D eigenvalue weighted by Gasteiger charge is -2.22. The summed E-state index contributed by atoms with van der Waals surface area (Å²) in [7, 11) is 0. The standard InChI is InChI=1S/C19H26N4O4/c1-3-21-18(23-13-19(2,25)16-8-5-9-26-16)22-11-14-6-4-7-15(10-14)27-12-17(20)24/h4-10,25H,3,11-13H2,1-2H3,(H2,20,24)(H2,21,22,23). The molecule has 0 fully saturated rings. The molecule has 5 N–H and O–H groups in total. The molecule has 0 aliphatic rings. The normalized spacial score (nSPS) is 13.7. The number of rotatable bonds is 9. The maximum atomic E-state index is 10.8. The summed E-state index contributed by atoms with van der Waals surface area (Å²) < 4.78 is 10.6. The second-order valence-electron chi connectivity index (χ2n) is 6.20. The van der Waals surface area contributed by atoms with E-state index in [4.69, 9.17) is 14.9 Å². The Labute approximate surface area is 158 Å². The maximum absolute atomic E-state index is 10.8. The largest absolute Gasteiger partial charge is 0.484 e. The number of benzene rings is 1. The third-order valence-corrected chi connectivity index (χ3v) is 3.70. The van der Waals surface area contributed by atoms with Gasteiger partial charge in [-0.25, -0.2) is 4.99 Å². The van der Waals surface area contributed by atoms with Crippen molar-refractivity contribution in [3.05, 3.63) is 54.0 Å². The molecule has 27 heavy (non-hydrogen) atoms. The van der Waals surface area contributed by atoms with E-state index < -0.39 is 11.5 Å². The second kappa shape index (κ2) is 9.63. The molecule has 146 valence electrons. The molecule has 0 radical (unpaired) electrons. The van der Waals surface area contributed by atoms with Crippen molar-refractivity contribution in [1.29, 1.82) is 0 Å². The molecule has 1 amide bonds. The quantitative estimate of drug-likeness (QED) is 0.385. The summed E-state index contributed by atoms with van der Waals surface area (Å²) in [4.78, 5) is 15.3. The van der Waals surface area contributed by atoms with Crippen LogP contribution in [0.15, 0.2) is 52.1 Å². The fourth-order valence-electron chi connectivity index (χ4n) is 2.33. The van der Waals surface area contributed by atoms with E-state index in [1.807, 2.05) is 19.1 Å². The predicted molar refractivity (Wildman–Crippen MR) is 102 cm³/mol. The summed E-state index contributed by atoms with van der Waals surface area (Å²) in [5.74, 6) is 1.07. The first-order chi connectivity index (χ1) is 12.9. The van der Waals surface area contributed by atoms with Crippen molar-refractivity contribution in [2.45, 2.75) is 26.0 Å². The average Bonchev–Trinajstić information content (AvgIpc) is 3.18. The average molecular weight is 374 g/mol. The van der Waals surface area contributed by atoms with Gasteiger partial charge in [-0.05, 0) is 43.7 Å². The Bertz CT molecular complexity index is 757. The Morgan fingerprint density at radius 2 is 2.15 bits per heavy atom. The number of carbonyl (C=O) groups excluding carboxylic acids is 1. The first kappa shape index (κ1) is 20.3. The minimum Gasteiger partial charge on any atom is -0.484 e. The number of ether oxygens (including phenoxy) is 1. The van der Waals surface area contributed by atoms with Crippen LogP contribution in [0.3, 0.4) is 0 Å². The van der Waals surface area contributed by atoms with Crippen molar-refractivity contribution in [3.63, 3.8) is 0 Å². The Morgan fingerprint density at radius 3 is 2.81 bits per heavy atom. The van der Waals surface area contributed by atoms with Gasteiger partial charge >= 0.3 is 0 Å². The van der Waals surface area contributed by atoms with Crippen LogP contribution >= 0.6 is 0 Å². The lowest BCUT2D eigenvalue weighted by molar-refractivity contribution is -0.119. The number of nitrogens with one attached hydrogen (secondary N) is 2. The van der Waals surface area contributed by atoms with E-state index in [1.165, 1.54) is 6.26 Å². The number of hydrogen-bond donors (Lipinski definition) is 4. The molecule has 8 heteroatoms. The minimum atomic E-state index is -1.16.